The molecule has 17 rings (SSSR count). The predicted molar refractivity (Wildman–Crippen MR) is 308 cm³/mol. The largest absolute Gasteiger partial charge is 0.456 e. The Bertz CT molecular complexity index is 4880. The number of thiophene rings is 1. The molecule has 0 amide bonds. The molecule has 0 atom stereocenters. The molecule has 0 N–H and O–H groups in total. The lowest BCUT2D eigenvalue weighted by Gasteiger charge is -2.14. The number of furan rings is 2. The van der Waals surface area contributed by atoms with Gasteiger partial charge in [-0.3, -0.25) is 0 Å². The fourth-order valence-corrected chi connectivity index (χ4v) is 13.7. The zero-order chi connectivity index (χ0) is 47.5. The van der Waals surface area contributed by atoms with E-state index < -0.39 is 0 Å². The maximum absolute atomic E-state index is 6.40. The second-order valence-corrected chi connectivity index (χ2v) is 20.6. The van der Waals surface area contributed by atoms with Crippen LogP contribution in [-0.2, 0) is 0 Å². The molecule has 0 saturated heterocycles. The van der Waals surface area contributed by atoms with E-state index in [4.69, 9.17) is 8.83 Å². The molecule has 0 bridgehead atoms. The van der Waals surface area contributed by atoms with Gasteiger partial charge in [-0.2, -0.15) is 0 Å². The summed E-state index contributed by atoms with van der Waals surface area (Å²) in [6.45, 7) is 0. The van der Waals surface area contributed by atoms with Crippen molar-refractivity contribution in [1.29, 1.82) is 0 Å². The molecule has 0 saturated carbocycles. The van der Waals surface area contributed by atoms with Crippen molar-refractivity contribution in [3.05, 3.63) is 231 Å². The van der Waals surface area contributed by atoms with E-state index in [1.165, 1.54) is 96.5 Å². The molecule has 4 nitrogen and oxygen atoms in total. The Hall–Kier alpha value is -9.42. The molecule has 338 valence electrons. The number of rotatable bonds is 4. The SMILES string of the molecule is c1ccc(-n2c3ccccc3c3cc4c(cc32)c(-c2ccc3oc5ccccc5c3c2)cc2sc3cc(-c5ccc6oc7ccccc7c6c5)c5cc6c(cc5c3c24)c2ccccc2n6-c2ccccc2)cc1. The smallest absolute Gasteiger partial charge is 0.135 e. The summed E-state index contributed by atoms with van der Waals surface area (Å²) in [4.78, 5) is 0. The highest BCUT2D eigenvalue weighted by atomic mass is 32.1. The molecule has 5 heteroatoms. The van der Waals surface area contributed by atoms with E-state index in [0.29, 0.717) is 0 Å². The number of nitrogens with zero attached hydrogens (tertiary/aromatic N) is 2. The van der Waals surface area contributed by atoms with E-state index in [2.05, 4.69) is 228 Å². The normalized spacial score (nSPS) is 12.4. The van der Waals surface area contributed by atoms with Crippen LogP contribution in [0.25, 0.3) is 163 Å². The van der Waals surface area contributed by atoms with E-state index in [-0.39, 0.29) is 0 Å². The molecule has 0 aliphatic heterocycles. The summed E-state index contributed by atoms with van der Waals surface area (Å²) in [6, 6.07) is 84.5. The van der Waals surface area contributed by atoms with Crippen LogP contribution in [0.2, 0.25) is 0 Å². The first-order valence-corrected chi connectivity index (χ1v) is 25.7. The predicted octanol–water partition coefficient (Wildman–Crippen LogP) is 19.7. The minimum atomic E-state index is 0.893. The minimum Gasteiger partial charge on any atom is -0.456 e. The van der Waals surface area contributed by atoms with Gasteiger partial charge in [0.05, 0.1) is 22.1 Å². The van der Waals surface area contributed by atoms with Crippen molar-refractivity contribution in [3.63, 3.8) is 0 Å². The molecular formula is C68H38N2O2S. The Morgan fingerprint density at radius 3 is 1.12 bits per heavy atom. The van der Waals surface area contributed by atoms with Gasteiger partial charge in [0.2, 0.25) is 0 Å². The maximum Gasteiger partial charge on any atom is 0.135 e. The van der Waals surface area contributed by atoms with Crippen LogP contribution in [0, 0.1) is 0 Å². The second kappa shape index (κ2) is 14.6. The molecule has 0 radical (unpaired) electrons. The van der Waals surface area contributed by atoms with Crippen LogP contribution in [0.1, 0.15) is 0 Å². The van der Waals surface area contributed by atoms with Crippen molar-refractivity contribution in [3.8, 4) is 33.6 Å². The lowest BCUT2D eigenvalue weighted by Crippen LogP contribution is -1.93. The number of benzene rings is 12. The van der Waals surface area contributed by atoms with E-state index in [1.54, 1.807) is 0 Å². The number of fused-ring (bicyclic) bond motifs is 19. The van der Waals surface area contributed by atoms with Gasteiger partial charge in [-0.15, -0.1) is 11.3 Å². The molecular weight excluding hydrogens is 909 g/mol. The van der Waals surface area contributed by atoms with Crippen molar-refractivity contribution in [2.75, 3.05) is 0 Å². The van der Waals surface area contributed by atoms with Crippen molar-refractivity contribution in [1.82, 2.24) is 9.13 Å². The zero-order valence-electron chi connectivity index (χ0n) is 39.1. The quantitative estimate of drug-likeness (QED) is 0.176. The Balaban J connectivity index is 1.05. The fourth-order valence-electron chi connectivity index (χ4n) is 12.5. The van der Waals surface area contributed by atoms with Crippen LogP contribution in [0.4, 0.5) is 0 Å². The monoisotopic (exact) mass is 946 g/mol. The first kappa shape index (κ1) is 39.3. The number of hydrogen-bond acceptors (Lipinski definition) is 3. The third-order valence-electron chi connectivity index (χ3n) is 15.7. The number of hydrogen-bond donors (Lipinski definition) is 0. The van der Waals surface area contributed by atoms with Crippen LogP contribution in [0.3, 0.4) is 0 Å². The first-order valence-electron chi connectivity index (χ1n) is 24.9. The van der Waals surface area contributed by atoms with Crippen molar-refractivity contribution >= 4 is 141 Å². The summed E-state index contributed by atoms with van der Waals surface area (Å²) in [5, 5.41) is 16.9. The highest BCUT2D eigenvalue weighted by Gasteiger charge is 2.24. The lowest BCUT2D eigenvalue weighted by molar-refractivity contribution is 0.668. The van der Waals surface area contributed by atoms with Gasteiger partial charge in [0.25, 0.3) is 0 Å². The summed E-state index contributed by atoms with van der Waals surface area (Å²) < 4.78 is 20.2. The summed E-state index contributed by atoms with van der Waals surface area (Å²) in [5.74, 6) is 0. The summed E-state index contributed by atoms with van der Waals surface area (Å²) in [6.07, 6.45) is 0. The van der Waals surface area contributed by atoms with Gasteiger partial charge in [0.15, 0.2) is 0 Å². The van der Waals surface area contributed by atoms with E-state index in [0.717, 1.165) is 66.4 Å². The van der Waals surface area contributed by atoms with Crippen LogP contribution in [-0.4, -0.2) is 9.13 Å². The molecule has 5 aromatic heterocycles. The van der Waals surface area contributed by atoms with Crippen LogP contribution in [0.15, 0.2) is 239 Å². The van der Waals surface area contributed by atoms with E-state index in [9.17, 15) is 0 Å². The van der Waals surface area contributed by atoms with Crippen molar-refractivity contribution in [2.45, 2.75) is 0 Å². The molecule has 0 unspecified atom stereocenters. The van der Waals surface area contributed by atoms with Gasteiger partial charge < -0.3 is 18.0 Å². The Morgan fingerprint density at radius 1 is 0.260 bits per heavy atom. The Kier molecular flexibility index (Phi) is 7.85. The topological polar surface area (TPSA) is 36.1 Å². The van der Waals surface area contributed by atoms with Crippen LogP contribution >= 0.6 is 11.3 Å². The summed E-state index contributed by atoms with van der Waals surface area (Å²) in [5.41, 5.74) is 15.3. The van der Waals surface area contributed by atoms with Gasteiger partial charge >= 0.3 is 0 Å². The van der Waals surface area contributed by atoms with Gasteiger partial charge in [-0.1, -0.05) is 121 Å². The highest BCUT2D eigenvalue weighted by molar-refractivity contribution is 7.26. The third-order valence-corrected chi connectivity index (χ3v) is 16.7. The van der Waals surface area contributed by atoms with Crippen LogP contribution in [0.5, 0.6) is 0 Å². The average Bonchev–Trinajstić information content (AvgIpc) is 4.26. The molecule has 17 aromatic rings. The van der Waals surface area contributed by atoms with Crippen LogP contribution < -0.4 is 0 Å². The van der Waals surface area contributed by atoms with Gasteiger partial charge in [0.1, 0.15) is 22.3 Å². The molecule has 5 heterocycles. The Morgan fingerprint density at radius 2 is 0.658 bits per heavy atom. The zero-order valence-corrected chi connectivity index (χ0v) is 39.9. The lowest BCUT2D eigenvalue weighted by atomic mass is 9.90. The fraction of sp³-hybridized carbons (Fsp3) is 0. The molecule has 73 heavy (non-hydrogen) atoms. The second-order valence-electron chi connectivity index (χ2n) is 19.5. The summed E-state index contributed by atoms with van der Waals surface area (Å²) >= 11 is 1.90. The van der Waals surface area contributed by atoms with E-state index in [1.807, 2.05) is 23.5 Å². The molecule has 0 aliphatic carbocycles. The maximum atomic E-state index is 6.40. The van der Waals surface area contributed by atoms with Crippen molar-refractivity contribution < 1.29 is 8.83 Å². The number of para-hydroxylation sites is 6. The number of aromatic nitrogens is 2. The minimum absolute atomic E-state index is 0.893. The first-order chi connectivity index (χ1) is 36.2. The highest BCUT2D eigenvalue weighted by Crippen LogP contribution is 2.51. The van der Waals surface area contributed by atoms with Gasteiger partial charge in [-0.25, -0.2) is 0 Å². The summed E-state index contributed by atoms with van der Waals surface area (Å²) in [7, 11) is 0. The Labute approximate surface area is 420 Å². The van der Waals surface area contributed by atoms with E-state index >= 15 is 0 Å². The van der Waals surface area contributed by atoms with Crippen molar-refractivity contribution in [2.24, 2.45) is 0 Å². The molecule has 12 aromatic carbocycles. The van der Waals surface area contributed by atoms with Gasteiger partial charge in [-0.05, 0) is 153 Å². The molecule has 0 aliphatic rings. The standard InChI is InChI=1S/C68H38N2O2S/c1-3-15-41(16-4-1)69-57-23-11-7-19-43(57)51-33-55-49(35-59(51)69)47(39-27-29-63-53(31-39)45-21-9-13-25-61(45)71-63)37-65-67(55)68-56-34-52-44-20-8-12-24-58(44)70(42-17-5-2-6-18-42)60(52)36-50(56)48(38-66(68)73-65)40-28-30-64-54(32-40)46-22-10-14-26-62(46)72-64/h1-38H. The van der Waals surface area contributed by atoms with Gasteiger partial charge in [0, 0.05) is 74.6 Å². The molecule has 0 fully saturated rings. The third kappa shape index (κ3) is 5.49. The average molecular weight is 947 g/mol. The molecule has 0 spiro atoms.